The number of hydrogen-bond acceptors (Lipinski definition) is 8. The minimum Gasteiger partial charge on any atom is -0.376 e. The van der Waals surface area contributed by atoms with Gasteiger partial charge in [-0.25, -0.2) is 24.1 Å². The van der Waals surface area contributed by atoms with E-state index in [1.807, 2.05) is 0 Å². The molecule has 5 rings (SSSR count). The molecule has 1 aliphatic rings. The number of hydrogen-bond donors (Lipinski definition) is 3. The number of rotatable bonds is 9. The summed E-state index contributed by atoms with van der Waals surface area (Å²) in [6.45, 7) is 1.18. The molecule has 1 fully saturated rings. The Balaban J connectivity index is 1.50. The minimum absolute atomic E-state index is 0.0166. The predicted molar refractivity (Wildman–Crippen MR) is 145 cm³/mol. The van der Waals surface area contributed by atoms with E-state index in [4.69, 9.17) is 23.2 Å². The second-order valence-corrected chi connectivity index (χ2v) is 10.7. The summed E-state index contributed by atoms with van der Waals surface area (Å²) in [7, 11) is 0. The number of alkyl halides is 3. The Labute approximate surface area is 241 Å². The van der Waals surface area contributed by atoms with Crippen LogP contribution in [0.5, 0.6) is 0 Å². The van der Waals surface area contributed by atoms with Crippen molar-refractivity contribution in [2.45, 2.75) is 44.4 Å². The van der Waals surface area contributed by atoms with Crippen LogP contribution in [-0.2, 0) is 13.1 Å². The molecular formula is C25H26Cl2F3N9O2. The molecule has 0 radical (unpaired) electrons. The summed E-state index contributed by atoms with van der Waals surface area (Å²) in [4.78, 5) is 21.9. The standard InChI is InChI=1S/C25H26Cl2F3N9O2/c1-24(41,16-8-10-31-11-16)34-19(25(28,29)30)12-37-21(15-4-6-17(26)7-5-15)36-38(23(37)40)13-20-33-14-39(35-20)22-18(27)3-2-9-32-22/h2-7,9,14,16,19,31,34,41H,8,10-13H2,1H3. The summed E-state index contributed by atoms with van der Waals surface area (Å²) >= 11 is 12.2. The Bertz CT molecular complexity index is 1560. The summed E-state index contributed by atoms with van der Waals surface area (Å²) in [5.74, 6) is 0.00737. The fourth-order valence-electron chi connectivity index (χ4n) is 4.69. The topological polar surface area (TPSA) is 128 Å². The lowest BCUT2D eigenvalue weighted by atomic mass is 9.95. The number of pyridine rings is 1. The van der Waals surface area contributed by atoms with Gasteiger partial charge in [0.15, 0.2) is 17.5 Å². The third kappa shape index (κ3) is 6.46. The van der Waals surface area contributed by atoms with Gasteiger partial charge < -0.3 is 10.4 Å². The number of benzene rings is 1. The van der Waals surface area contributed by atoms with E-state index in [0.717, 1.165) is 9.25 Å². The number of aromatic nitrogens is 7. The number of halogens is 5. The van der Waals surface area contributed by atoms with E-state index in [0.29, 0.717) is 40.9 Å². The van der Waals surface area contributed by atoms with Crippen LogP contribution in [0.1, 0.15) is 19.2 Å². The van der Waals surface area contributed by atoms with E-state index in [-0.39, 0.29) is 18.2 Å². The third-order valence-corrected chi connectivity index (χ3v) is 7.44. The van der Waals surface area contributed by atoms with Gasteiger partial charge in [-0.05, 0) is 56.3 Å². The van der Waals surface area contributed by atoms with Gasteiger partial charge in [-0.15, -0.1) is 10.2 Å². The Morgan fingerprint density at radius 2 is 1.93 bits per heavy atom. The fraction of sp³-hybridized carbons (Fsp3) is 0.400. The molecule has 0 bridgehead atoms. The predicted octanol–water partition coefficient (Wildman–Crippen LogP) is 2.88. The normalized spacial score (nSPS) is 18.0. The Morgan fingerprint density at radius 3 is 2.59 bits per heavy atom. The molecule has 218 valence electrons. The van der Waals surface area contributed by atoms with Crippen molar-refractivity contribution in [2.24, 2.45) is 5.92 Å². The average Bonchev–Trinajstić information content (AvgIpc) is 3.67. The van der Waals surface area contributed by atoms with Gasteiger partial charge in [-0.3, -0.25) is 9.88 Å². The van der Waals surface area contributed by atoms with Crippen molar-refractivity contribution in [2.75, 3.05) is 13.1 Å². The van der Waals surface area contributed by atoms with Crippen LogP contribution in [0.4, 0.5) is 13.2 Å². The molecule has 0 spiro atoms. The number of nitrogens with zero attached hydrogens (tertiary/aromatic N) is 7. The molecule has 0 saturated carbocycles. The highest BCUT2D eigenvalue weighted by molar-refractivity contribution is 6.32. The number of nitrogens with one attached hydrogen (secondary N) is 2. The molecule has 41 heavy (non-hydrogen) atoms. The second-order valence-electron chi connectivity index (χ2n) is 9.87. The van der Waals surface area contributed by atoms with Crippen molar-refractivity contribution >= 4 is 23.2 Å². The summed E-state index contributed by atoms with van der Waals surface area (Å²) in [5, 5.41) is 25.7. The van der Waals surface area contributed by atoms with E-state index in [2.05, 4.69) is 30.8 Å². The van der Waals surface area contributed by atoms with Gasteiger partial charge in [-0.2, -0.15) is 13.2 Å². The zero-order valence-electron chi connectivity index (χ0n) is 21.7. The lowest BCUT2D eigenvalue weighted by Crippen LogP contribution is -2.59. The first kappa shape index (κ1) is 29.2. The molecule has 3 unspecified atom stereocenters. The number of aliphatic hydroxyl groups is 1. The van der Waals surface area contributed by atoms with Crippen molar-refractivity contribution in [3.05, 3.63) is 75.3 Å². The second kappa shape index (κ2) is 11.5. The lowest BCUT2D eigenvalue weighted by molar-refractivity contribution is -0.180. The largest absolute Gasteiger partial charge is 0.405 e. The van der Waals surface area contributed by atoms with Crippen molar-refractivity contribution in [1.82, 2.24) is 44.7 Å². The van der Waals surface area contributed by atoms with Crippen LogP contribution < -0.4 is 16.3 Å². The van der Waals surface area contributed by atoms with Gasteiger partial charge in [0.2, 0.25) is 0 Å². The molecular weight excluding hydrogens is 586 g/mol. The van der Waals surface area contributed by atoms with Gasteiger partial charge in [0.05, 0.1) is 11.6 Å². The maximum atomic E-state index is 14.3. The molecule has 1 aromatic carbocycles. The zero-order valence-corrected chi connectivity index (χ0v) is 23.2. The highest BCUT2D eigenvalue weighted by Crippen LogP contribution is 2.29. The molecule has 1 aliphatic heterocycles. The summed E-state index contributed by atoms with van der Waals surface area (Å²) in [5.41, 5.74) is -2.29. The van der Waals surface area contributed by atoms with E-state index in [9.17, 15) is 23.1 Å². The van der Waals surface area contributed by atoms with E-state index in [1.54, 1.807) is 36.4 Å². The van der Waals surface area contributed by atoms with Crippen molar-refractivity contribution in [3.63, 3.8) is 0 Å². The minimum atomic E-state index is -4.79. The summed E-state index contributed by atoms with van der Waals surface area (Å²) in [6.07, 6.45) is -1.41. The van der Waals surface area contributed by atoms with Crippen LogP contribution in [0, 0.1) is 5.92 Å². The molecule has 11 nitrogen and oxygen atoms in total. The molecule has 0 aliphatic carbocycles. The molecule has 16 heteroatoms. The average molecular weight is 612 g/mol. The van der Waals surface area contributed by atoms with Crippen molar-refractivity contribution in [1.29, 1.82) is 0 Å². The lowest BCUT2D eigenvalue weighted by Gasteiger charge is -2.35. The van der Waals surface area contributed by atoms with Crippen LogP contribution in [0.25, 0.3) is 17.2 Å². The van der Waals surface area contributed by atoms with Gasteiger partial charge in [0.1, 0.15) is 24.6 Å². The molecule has 3 N–H and O–H groups in total. The fourth-order valence-corrected chi connectivity index (χ4v) is 5.03. The van der Waals surface area contributed by atoms with E-state index < -0.39 is 36.1 Å². The first-order valence-electron chi connectivity index (χ1n) is 12.6. The van der Waals surface area contributed by atoms with E-state index in [1.165, 1.54) is 24.1 Å². The molecule has 4 heterocycles. The Kier molecular flexibility index (Phi) is 8.21. The monoisotopic (exact) mass is 611 g/mol. The van der Waals surface area contributed by atoms with Crippen LogP contribution in [-0.4, -0.2) is 70.2 Å². The van der Waals surface area contributed by atoms with Crippen molar-refractivity contribution in [3.8, 4) is 17.2 Å². The maximum absolute atomic E-state index is 14.3. The molecule has 0 amide bonds. The van der Waals surface area contributed by atoms with Crippen LogP contribution in [0.2, 0.25) is 10.0 Å². The smallest absolute Gasteiger partial charge is 0.376 e. The SMILES string of the molecule is CC(O)(NC(Cn1c(-c2ccc(Cl)cc2)nn(Cc2ncn(-c3ncccc3Cl)n2)c1=O)C(F)(F)F)C1CCNC1. The Hall–Kier alpha value is -3.30. The van der Waals surface area contributed by atoms with Crippen LogP contribution >= 0.6 is 23.2 Å². The summed E-state index contributed by atoms with van der Waals surface area (Å²) in [6, 6.07) is 7.21. The van der Waals surface area contributed by atoms with Crippen LogP contribution in [0.3, 0.4) is 0 Å². The van der Waals surface area contributed by atoms with E-state index >= 15 is 0 Å². The van der Waals surface area contributed by atoms with Crippen molar-refractivity contribution < 1.29 is 18.3 Å². The maximum Gasteiger partial charge on any atom is 0.405 e. The molecule has 3 atom stereocenters. The molecule has 3 aromatic heterocycles. The zero-order chi connectivity index (χ0) is 29.4. The highest BCUT2D eigenvalue weighted by atomic mass is 35.5. The Morgan fingerprint density at radius 1 is 1.17 bits per heavy atom. The third-order valence-electron chi connectivity index (χ3n) is 6.89. The van der Waals surface area contributed by atoms with Gasteiger partial charge >= 0.3 is 11.9 Å². The van der Waals surface area contributed by atoms with Gasteiger partial charge in [-0.1, -0.05) is 23.2 Å². The summed E-state index contributed by atoms with van der Waals surface area (Å²) < 4.78 is 46.1. The molecule has 4 aromatic rings. The van der Waals surface area contributed by atoms with Crippen LogP contribution in [0.15, 0.2) is 53.7 Å². The van der Waals surface area contributed by atoms with Gasteiger partial charge in [0.25, 0.3) is 0 Å². The first-order chi connectivity index (χ1) is 19.4. The van der Waals surface area contributed by atoms with Gasteiger partial charge in [0, 0.05) is 29.2 Å². The first-order valence-corrected chi connectivity index (χ1v) is 13.4. The molecule has 1 saturated heterocycles. The highest BCUT2D eigenvalue weighted by Gasteiger charge is 2.46. The quantitative estimate of drug-likeness (QED) is 0.247.